The van der Waals surface area contributed by atoms with Gasteiger partial charge in [0.05, 0.1) is 12.7 Å². The van der Waals surface area contributed by atoms with Gasteiger partial charge >= 0.3 is 5.97 Å². The van der Waals surface area contributed by atoms with Crippen LogP contribution >= 0.6 is 0 Å². The highest BCUT2D eigenvalue weighted by Crippen LogP contribution is 2.06. The molecule has 0 atom stereocenters. The fraction of sp³-hybridized carbons (Fsp3) is 0.364. The molecule has 92 valence electrons. The molecule has 0 aliphatic rings. The Balaban J connectivity index is 2.36. The van der Waals surface area contributed by atoms with Gasteiger partial charge in [0.15, 0.2) is 0 Å². The van der Waals surface area contributed by atoms with Gasteiger partial charge in [-0.25, -0.2) is 4.98 Å². The van der Waals surface area contributed by atoms with Crippen molar-refractivity contribution in [1.82, 2.24) is 10.3 Å². The first kappa shape index (κ1) is 13.0. The summed E-state index contributed by atoms with van der Waals surface area (Å²) in [7, 11) is 1.33. The lowest BCUT2D eigenvalue weighted by Crippen LogP contribution is -2.26. The minimum atomic E-state index is -0.292. The maximum Gasteiger partial charge on any atom is 0.305 e. The van der Waals surface area contributed by atoms with Crippen LogP contribution in [0.4, 0.5) is 5.82 Å². The van der Waals surface area contributed by atoms with Crippen molar-refractivity contribution < 1.29 is 14.3 Å². The predicted octanol–water partition coefficient (Wildman–Crippen LogP) is 0.347. The van der Waals surface area contributed by atoms with Crippen molar-refractivity contribution in [1.29, 1.82) is 0 Å². The number of aromatic nitrogens is 1. The van der Waals surface area contributed by atoms with Crippen LogP contribution in [0.1, 0.15) is 23.2 Å². The molecule has 0 aliphatic heterocycles. The predicted molar refractivity (Wildman–Crippen MR) is 62.2 cm³/mol. The van der Waals surface area contributed by atoms with Crippen LogP contribution in [0.25, 0.3) is 0 Å². The van der Waals surface area contributed by atoms with Crippen LogP contribution in [0.3, 0.4) is 0 Å². The van der Waals surface area contributed by atoms with E-state index in [1.54, 1.807) is 12.1 Å². The summed E-state index contributed by atoms with van der Waals surface area (Å²) < 4.78 is 4.48. The quantitative estimate of drug-likeness (QED) is 0.569. The number of rotatable bonds is 5. The summed E-state index contributed by atoms with van der Waals surface area (Å²) in [4.78, 5) is 26.3. The molecule has 3 N–H and O–H groups in total. The normalized spacial score (nSPS) is 9.71. The van der Waals surface area contributed by atoms with Crippen LogP contribution in [-0.4, -0.2) is 30.5 Å². The number of methoxy groups -OCH3 is 1. The lowest BCUT2D eigenvalue weighted by Gasteiger charge is -2.06. The molecule has 0 spiro atoms. The number of nitrogens with two attached hydrogens (primary N) is 1. The Kier molecular flexibility index (Phi) is 4.93. The van der Waals surface area contributed by atoms with Gasteiger partial charge < -0.3 is 15.8 Å². The van der Waals surface area contributed by atoms with Crippen LogP contribution in [0, 0.1) is 0 Å². The smallest absolute Gasteiger partial charge is 0.305 e. The van der Waals surface area contributed by atoms with E-state index in [9.17, 15) is 9.59 Å². The van der Waals surface area contributed by atoms with Gasteiger partial charge in [0.25, 0.3) is 5.91 Å². The Labute approximate surface area is 99.2 Å². The number of anilines is 1. The summed E-state index contributed by atoms with van der Waals surface area (Å²) in [5.41, 5.74) is 5.89. The van der Waals surface area contributed by atoms with Gasteiger partial charge in [-0.1, -0.05) is 0 Å². The second-order valence-electron chi connectivity index (χ2n) is 3.37. The largest absolute Gasteiger partial charge is 0.469 e. The monoisotopic (exact) mass is 237 g/mol. The Morgan fingerprint density at radius 3 is 2.94 bits per heavy atom. The zero-order valence-electron chi connectivity index (χ0n) is 9.60. The van der Waals surface area contributed by atoms with Crippen molar-refractivity contribution in [3.05, 3.63) is 23.9 Å². The van der Waals surface area contributed by atoms with Crippen molar-refractivity contribution in [3.8, 4) is 0 Å². The molecule has 6 heteroatoms. The Morgan fingerprint density at radius 2 is 2.29 bits per heavy atom. The fourth-order valence-electron chi connectivity index (χ4n) is 1.24. The van der Waals surface area contributed by atoms with Crippen molar-refractivity contribution in [2.45, 2.75) is 12.8 Å². The van der Waals surface area contributed by atoms with Gasteiger partial charge in [0.2, 0.25) is 0 Å². The molecule has 17 heavy (non-hydrogen) atoms. The number of hydrogen-bond acceptors (Lipinski definition) is 5. The topological polar surface area (TPSA) is 94.3 Å². The van der Waals surface area contributed by atoms with E-state index in [0.717, 1.165) is 0 Å². The van der Waals surface area contributed by atoms with E-state index >= 15 is 0 Å². The molecule has 0 unspecified atom stereocenters. The van der Waals surface area contributed by atoms with Crippen LogP contribution in [0.15, 0.2) is 18.3 Å². The van der Waals surface area contributed by atoms with Crippen molar-refractivity contribution >= 4 is 17.7 Å². The first-order valence-electron chi connectivity index (χ1n) is 5.20. The summed E-state index contributed by atoms with van der Waals surface area (Å²) in [5.74, 6) is -0.390. The lowest BCUT2D eigenvalue weighted by molar-refractivity contribution is -0.140. The molecule has 0 radical (unpaired) electrons. The van der Waals surface area contributed by atoms with Crippen LogP contribution in [0.2, 0.25) is 0 Å². The van der Waals surface area contributed by atoms with Gasteiger partial charge in [0.1, 0.15) is 5.82 Å². The number of esters is 1. The van der Waals surface area contributed by atoms with E-state index in [4.69, 9.17) is 5.73 Å². The number of ether oxygens (including phenoxy) is 1. The van der Waals surface area contributed by atoms with Crippen molar-refractivity contribution in [2.75, 3.05) is 19.4 Å². The standard InChI is InChI=1S/C11H15N3O3/c1-17-9(15)5-3-7-14-11(16)8-4-2-6-13-10(8)12/h2,4,6H,3,5,7H2,1H3,(H2,12,13)(H,14,16). The second-order valence-corrected chi connectivity index (χ2v) is 3.37. The Bertz CT molecular complexity index is 407. The van der Waals surface area contributed by atoms with Crippen LogP contribution in [0.5, 0.6) is 0 Å². The number of nitrogen functional groups attached to an aromatic ring is 1. The third kappa shape index (κ3) is 4.10. The third-order valence-electron chi connectivity index (χ3n) is 2.15. The summed E-state index contributed by atoms with van der Waals surface area (Å²) in [6, 6.07) is 3.23. The van der Waals surface area contributed by atoms with Gasteiger partial charge in [0, 0.05) is 19.2 Å². The zero-order chi connectivity index (χ0) is 12.7. The first-order valence-corrected chi connectivity index (χ1v) is 5.20. The first-order chi connectivity index (χ1) is 8.15. The van der Waals surface area contributed by atoms with E-state index in [1.165, 1.54) is 13.3 Å². The lowest BCUT2D eigenvalue weighted by atomic mass is 10.2. The SMILES string of the molecule is COC(=O)CCCNC(=O)c1cccnc1N. The summed E-state index contributed by atoms with van der Waals surface area (Å²) in [5, 5.41) is 2.65. The molecular weight excluding hydrogens is 222 g/mol. The highest BCUT2D eigenvalue weighted by molar-refractivity contribution is 5.98. The van der Waals surface area contributed by atoms with E-state index in [0.29, 0.717) is 18.5 Å². The molecule has 1 aromatic heterocycles. The van der Waals surface area contributed by atoms with Crippen LogP contribution < -0.4 is 11.1 Å². The number of carbonyl (C=O) groups excluding carboxylic acids is 2. The molecule has 0 fully saturated rings. The van der Waals surface area contributed by atoms with Gasteiger partial charge in [-0.15, -0.1) is 0 Å². The Hall–Kier alpha value is -2.11. The summed E-state index contributed by atoms with van der Waals surface area (Å²) in [6.07, 6.45) is 2.32. The molecule has 1 rings (SSSR count). The molecule has 6 nitrogen and oxygen atoms in total. The minimum Gasteiger partial charge on any atom is -0.469 e. The van der Waals surface area contributed by atoms with Gasteiger partial charge in [-0.2, -0.15) is 0 Å². The second kappa shape index (κ2) is 6.47. The highest BCUT2D eigenvalue weighted by Gasteiger charge is 2.09. The van der Waals surface area contributed by atoms with Gasteiger partial charge in [-0.05, 0) is 18.6 Å². The van der Waals surface area contributed by atoms with E-state index in [2.05, 4.69) is 15.0 Å². The maximum atomic E-state index is 11.6. The van der Waals surface area contributed by atoms with E-state index in [-0.39, 0.29) is 24.1 Å². The maximum absolute atomic E-state index is 11.6. The molecule has 0 saturated heterocycles. The average Bonchev–Trinajstić information content (AvgIpc) is 2.34. The average molecular weight is 237 g/mol. The summed E-state index contributed by atoms with van der Waals surface area (Å²) >= 11 is 0. The highest BCUT2D eigenvalue weighted by atomic mass is 16.5. The van der Waals surface area contributed by atoms with E-state index in [1.807, 2.05) is 0 Å². The molecular formula is C11H15N3O3. The molecule has 1 heterocycles. The van der Waals surface area contributed by atoms with Crippen molar-refractivity contribution in [2.24, 2.45) is 0 Å². The third-order valence-corrected chi connectivity index (χ3v) is 2.15. The zero-order valence-corrected chi connectivity index (χ0v) is 9.60. The molecule has 0 aliphatic carbocycles. The van der Waals surface area contributed by atoms with E-state index < -0.39 is 0 Å². The number of pyridine rings is 1. The molecule has 0 aromatic carbocycles. The van der Waals surface area contributed by atoms with Crippen molar-refractivity contribution in [3.63, 3.8) is 0 Å². The molecule has 1 amide bonds. The molecule has 1 aromatic rings. The number of hydrogen-bond donors (Lipinski definition) is 2. The minimum absolute atomic E-state index is 0.193. The van der Waals surface area contributed by atoms with Gasteiger partial charge in [-0.3, -0.25) is 9.59 Å². The Morgan fingerprint density at radius 1 is 1.53 bits per heavy atom. The molecule has 0 bridgehead atoms. The number of nitrogens with zero attached hydrogens (tertiary/aromatic N) is 1. The molecule has 0 saturated carbocycles. The fourth-order valence-corrected chi connectivity index (χ4v) is 1.24. The number of nitrogens with one attached hydrogen (secondary N) is 1. The number of carbonyl (C=O) groups is 2. The number of amides is 1. The van der Waals surface area contributed by atoms with Crippen LogP contribution in [-0.2, 0) is 9.53 Å². The summed E-state index contributed by atoms with van der Waals surface area (Å²) in [6.45, 7) is 0.391.